The quantitative estimate of drug-likeness (QED) is 0.737. The molecule has 0 aromatic heterocycles. The molecule has 0 spiro atoms. The summed E-state index contributed by atoms with van der Waals surface area (Å²) in [5.74, 6) is -0.447. The topological polar surface area (TPSA) is 50.0 Å². The molecule has 0 saturated heterocycles. The number of hydrogen-bond donors (Lipinski definition) is 0. The highest BCUT2D eigenvalue weighted by atomic mass is 19.3. The molecule has 0 aromatic rings. The third-order valence-electron chi connectivity index (χ3n) is 4.85. The molecule has 2 N–H and O–H groups in total. The third kappa shape index (κ3) is 4.32. The van der Waals surface area contributed by atoms with Gasteiger partial charge in [0.25, 0.3) is 0 Å². The van der Waals surface area contributed by atoms with Gasteiger partial charge in [-0.05, 0) is 31.6 Å². The van der Waals surface area contributed by atoms with Gasteiger partial charge in [-0.3, -0.25) is 0 Å². The summed E-state index contributed by atoms with van der Waals surface area (Å²) in [7, 11) is 1.29. The lowest BCUT2D eigenvalue weighted by Gasteiger charge is -2.38. The number of ether oxygens (including phenoxy) is 2. The van der Waals surface area contributed by atoms with E-state index in [0.29, 0.717) is 18.8 Å². The number of methoxy groups -OCH3 is 1. The highest BCUT2D eigenvalue weighted by Gasteiger charge is 2.49. The highest BCUT2D eigenvalue weighted by Crippen LogP contribution is 2.42. The smallest absolute Gasteiger partial charge is 0.358 e. The number of hydrogen-bond acceptors (Lipinski definition) is 2. The molecule has 2 fully saturated rings. The lowest BCUT2D eigenvalue weighted by molar-refractivity contribution is -0.313. The average molecular weight is 332 g/mol. The molecule has 4 unspecified atom stereocenters. The van der Waals surface area contributed by atoms with E-state index >= 15 is 0 Å². The van der Waals surface area contributed by atoms with Crippen LogP contribution in [0.5, 0.6) is 0 Å². The van der Waals surface area contributed by atoms with Crippen LogP contribution < -0.4 is 0 Å². The van der Waals surface area contributed by atoms with E-state index in [1.165, 1.54) is 7.11 Å². The van der Waals surface area contributed by atoms with Gasteiger partial charge in [0.15, 0.2) is 12.3 Å². The van der Waals surface area contributed by atoms with Crippen LogP contribution in [0.15, 0.2) is 0 Å². The van der Waals surface area contributed by atoms with Crippen molar-refractivity contribution in [2.75, 3.05) is 7.11 Å². The van der Waals surface area contributed by atoms with Gasteiger partial charge in [0, 0.05) is 8.54 Å². The molecule has 2 aliphatic rings. The number of halogens is 4. The Kier molecular flexibility index (Phi) is 7.08. The van der Waals surface area contributed by atoms with Gasteiger partial charge in [-0.25, -0.2) is 8.78 Å². The van der Waals surface area contributed by atoms with Gasteiger partial charge in [-0.1, -0.05) is 19.8 Å². The Labute approximate surface area is 130 Å². The fraction of sp³-hybridized carbons (Fsp3) is 1.00. The lowest BCUT2D eigenvalue weighted by atomic mass is 9.82. The summed E-state index contributed by atoms with van der Waals surface area (Å²) >= 11 is 0. The molecule has 7 heteroatoms. The Morgan fingerprint density at radius 3 is 1.95 bits per heavy atom. The minimum absolute atomic E-state index is 0. The van der Waals surface area contributed by atoms with Crippen LogP contribution in [0.4, 0.5) is 17.6 Å². The zero-order valence-corrected chi connectivity index (χ0v) is 13.0. The Morgan fingerprint density at radius 1 is 0.909 bits per heavy atom. The maximum Gasteiger partial charge on any atom is 0.358 e. The van der Waals surface area contributed by atoms with Crippen LogP contribution in [0.25, 0.3) is 0 Å². The van der Waals surface area contributed by atoms with Crippen molar-refractivity contribution in [1.29, 1.82) is 0 Å². The maximum absolute atomic E-state index is 14.2. The Bertz CT molecular complexity index is 341. The van der Waals surface area contributed by atoms with Gasteiger partial charge in [0.2, 0.25) is 0 Å². The predicted octanol–water partition coefficient (Wildman–Crippen LogP) is 3.70. The minimum atomic E-state index is -3.38. The second-order valence-corrected chi connectivity index (χ2v) is 6.42. The first kappa shape index (κ1) is 19.6. The first-order valence-electron chi connectivity index (χ1n) is 7.71. The van der Waals surface area contributed by atoms with Gasteiger partial charge in [-0.2, -0.15) is 8.78 Å². The standard InChI is InChI=1S/C15H24F4O2.H2O.H2/c1-9-3-5-10(6-4-9)15(18,19)21-12-8-7-11(20-2)13(16)14(12)17;;/h9-14H,3-8H2,1-2H3;1H2;1H. The van der Waals surface area contributed by atoms with E-state index < -0.39 is 36.6 Å². The first-order chi connectivity index (χ1) is 9.85. The largest absolute Gasteiger partial charge is 0.412 e. The molecule has 0 heterocycles. The molecule has 0 amide bonds. The molecule has 0 aliphatic heterocycles. The Morgan fingerprint density at radius 2 is 1.41 bits per heavy atom. The summed E-state index contributed by atoms with van der Waals surface area (Å²) in [4.78, 5) is 0. The molecule has 0 aromatic carbocycles. The van der Waals surface area contributed by atoms with Gasteiger partial charge in [0.05, 0.1) is 18.1 Å². The molecule has 22 heavy (non-hydrogen) atoms. The second kappa shape index (κ2) is 7.93. The van der Waals surface area contributed by atoms with E-state index in [9.17, 15) is 17.6 Å². The molecule has 4 atom stereocenters. The van der Waals surface area contributed by atoms with E-state index in [2.05, 4.69) is 0 Å². The first-order valence-corrected chi connectivity index (χ1v) is 7.71. The highest BCUT2D eigenvalue weighted by molar-refractivity contribution is 4.91. The van der Waals surface area contributed by atoms with Crippen LogP contribution >= 0.6 is 0 Å². The van der Waals surface area contributed by atoms with Crippen molar-refractivity contribution >= 4 is 0 Å². The maximum atomic E-state index is 14.2. The fourth-order valence-corrected chi connectivity index (χ4v) is 3.32. The van der Waals surface area contributed by atoms with Crippen molar-refractivity contribution in [3.63, 3.8) is 0 Å². The zero-order valence-electron chi connectivity index (χ0n) is 13.0. The van der Waals surface area contributed by atoms with Crippen molar-refractivity contribution < 1.29 is 33.9 Å². The van der Waals surface area contributed by atoms with E-state index in [-0.39, 0.29) is 19.7 Å². The van der Waals surface area contributed by atoms with E-state index in [0.717, 1.165) is 12.8 Å². The molecule has 0 radical (unpaired) electrons. The SMILES string of the molecule is COC1CCC(OC(F)(F)C2CCC(C)CC2)C(F)C1F.O.[HH]. The van der Waals surface area contributed by atoms with E-state index in [1.807, 2.05) is 6.92 Å². The van der Waals surface area contributed by atoms with Crippen molar-refractivity contribution in [1.82, 2.24) is 0 Å². The molecular weight excluding hydrogens is 304 g/mol. The van der Waals surface area contributed by atoms with E-state index in [4.69, 9.17) is 9.47 Å². The molecule has 3 nitrogen and oxygen atoms in total. The van der Waals surface area contributed by atoms with Crippen LogP contribution in [0.3, 0.4) is 0 Å². The Hall–Kier alpha value is -0.400. The van der Waals surface area contributed by atoms with Crippen LogP contribution in [-0.4, -0.2) is 43.2 Å². The summed E-state index contributed by atoms with van der Waals surface area (Å²) < 4.78 is 65.5. The van der Waals surface area contributed by atoms with Crippen LogP contribution in [0.1, 0.15) is 46.9 Å². The van der Waals surface area contributed by atoms with Gasteiger partial charge in [-0.15, -0.1) is 0 Å². The van der Waals surface area contributed by atoms with Gasteiger partial charge >= 0.3 is 6.11 Å². The fourth-order valence-electron chi connectivity index (χ4n) is 3.32. The summed E-state index contributed by atoms with van der Waals surface area (Å²) in [6, 6.07) is 0. The monoisotopic (exact) mass is 332 g/mol. The Balaban J connectivity index is 0.00000242. The molecule has 2 rings (SSSR count). The number of rotatable bonds is 4. The summed E-state index contributed by atoms with van der Waals surface area (Å²) in [5, 5.41) is 0. The van der Waals surface area contributed by atoms with Crippen LogP contribution in [0.2, 0.25) is 0 Å². The molecule has 2 aliphatic carbocycles. The minimum Gasteiger partial charge on any atom is -0.412 e. The van der Waals surface area contributed by atoms with Crippen molar-refractivity contribution in [3.05, 3.63) is 0 Å². The average Bonchev–Trinajstić information content (AvgIpc) is 2.44. The van der Waals surface area contributed by atoms with E-state index in [1.54, 1.807) is 0 Å². The number of alkyl halides is 4. The van der Waals surface area contributed by atoms with Gasteiger partial charge < -0.3 is 14.9 Å². The molecular formula is C15H28F4O3. The van der Waals surface area contributed by atoms with Gasteiger partial charge in [0.1, 0.15) is 0 Å². The predicted molar refractivity (Wildman–Crippen MR) is 76.5 cm³/mol. The summed E-state index contributed by atoms with van der Waals surface area (Å²) in [6.45, 7) is 2.03. The van der Waals surface area contributed by atoms with Crippen LogP contribution in [-0.2, 0) is 9.47 Å². The zero-order chi connectivity index (χ0) is 15.6. The molecule has 0 bridgehead atoms. The van der Waals surface area contributed by atoms with Crippen LogP contribution in [0, 0.1) is 11.8 Å². The van der Waals surface area contributed by atoms with Crippen molar-refractivity contribution in [2.45, 2.75) is 76.1 Å². The lowest BCUT2D eigenvalue weighted by Crippen LogP contribution is -2.49. The molecule has 2 saturated carbocycles. The normalized spacial score (nSPS) is 40.1. The summed E-state index contributed by atoms with van der Waals surface area (Å²) in [6.07, 6.45) is -7.16. The van der Waals surface area contributed by atoms with Crippen molar-refractivity contribution in [2.24, 2.45) is 11.8 Å². The van der Waals surface area contributed by atoms with Crippen molar-refractivity contribution in [3.8, 4) is 0 Å². The second-order valence-electron chi connectivity index (χ2n) is 6.42. The third-order valence-corrected chi connectivity index (χ3v) is 4.85. The summed E-state index contributed by atoms with van der Waals surface area (Å²) in [5.41, 5.74) is 0. The molecule has 134 valence electrons.